The smallest absolute Gasteiger partial charge is 0.0198 e. The summed E-state index contributed by atoms with van der Waals surface area (Å²) in [5.74, 6) is 1.90. The van der Waals surface area contributed by atoms with Crippen LogP contribution in [0, 0.1) is 11.8 Å². The lowest BCUT2D eigenvalue weighted by Gasteiger charge is -2.50. The Labute approximate surface area is 69.6 Å². The third kappa shape index (κ3) is 1.31. The number of rotatable bonds is 0. The van der Waals surface area contributed by atoms with Gasteiger partial charge in [-0.3, -0.25) is 0 Å². The van der Waals surface area contributed by atoms with Crippen LogP contribution >= 0.6 is 0 Å². The molecule has 0 aromatic heterocycles. The summed E-state index contributed by atoms with van der Waals surface area (Å²) in [5, 5.41) is 3.62. The number of nitrogens with one attached hydrogen (secondary N) is 1. The van der Waals surface area contributed by atoms with Crippen LogP contribution in [0.4, 0.5) is 0 Å². The molecule has 0 aromatic carbocycles. The van der Waals surface area contributed by atoms with Crippen molar-refractivity contribution in [2.75, 3.05) is 6.54 Å². The second-order valence-electron chi connectivity index (χ2n) is 4.81. The zero-order valence-electron chi connectivity index (χ0n) is 7.69. The summed E-state index contributed by atoms with van der Waals surface area (Å²) in [5.41, 5.74) is 0.594. The lowest BCUT2D eigenvalue weighted by atomic mass is 9.67. The lowest BCUT2D eigenvalue weighted by molar-refractivity contribution is 0.0829. The summed E-state index contributed by atoms with van der Waals surface area (Å²) in [6, 6.07) is 0. The highest BCUT2D eigenvalue weighted by atomic mass is 15.0. The Balaban J connectivity index is 2.00. The highest BCUT2D eigenvalue weighted by molar-refractivity contribution is 5.01. The molecule has 1 nitrogen and oxygen atoms in total. The van der Waals surface area contributed by atoms with Crippen molar-refractivity contribution >= 4 is 0 Å². The number of hydrogen-bond donors (Lipinski definition) is 1. The van der Waals surface area contributed by atoms with Gasteiger partial charge in [-0.1, -0.05) is 13.8 Å². The minimum Gasteiger partial charge on any atom is -0.311 e. The average Bonchev–Trinajstić information content (AvgIpc) is 1.82. The summed E-state index contributed by atoms with van der Waals surface area (Å²) >= 11 is 0. The molecule has 0 radical (unpaired) electrons. The van der Waals surface area contributed by atoms with Crippen LogP contribution in [0.2, 0.25) is 0 Å². The van der Waals surface area contributed by atoms with E-state index in [1.54, 1.807) is 0 Å². The van der Waals surface area contributed by atoms with Gasteiger partial charge in [0.2, 0.25) is 0 Å². The third-order valence-electron chi connectivity index (χ3n) is 3.39. The maximum Gasteiger partial charge on any atom is 0.0198 e. The Morgan fingerprint density at radius 2 is 1.73 bits per heavy atom. The SMILES string of the molecule is CC1CC(C)CC2(CCN2)C1. The first-order chi connectivity index (χ1) is 5.20. The van der Waals surface area contributed by atoms with E-state index in [0.29, 0.717) is 5.54 Å². The zero-order valence-corrected chi connectivity index (χ0v) is 7.69. The molecule has 64 valence electrons. The van der Waals surface area contributed by atoms with Gasteiger partial charge in [0.25, 0.3) is 0 Å². The van der Waals surface area contributed by atoms with E-state index in [1.165, 1.54) is 32.2 Å². The summed E-state index contributed by atoms with van der Waals surface area (Å²) in [7, 11) is 0. The van der Waals surface area contributed by atoms with E-state index in [2.05, 4.69) is 19.2 Å². The van der Waals surface area contributed by atoms with Crippen LogP contribution < -0.4 is 5.32 Å². The van der Waals surface area contributed by atoms with Crippen LogP contribution in [0.5, 0.6) is 0 Å². The molecule has 2 aliphatic rings. The van der Waals surface area contributed by atoms with Gasteiger partial charge in [0.1, 0.15) is 0 Å². The summed E-state index contributed by atoms with van der Waals surface area (Å²) in [4.78, 5) is 0. The van der Waals surface area contributed by atoms with Crippen molar-refractivity contribution in [3.8, 4) is 0 Å². The Morgan fingerprint density at radius 1 is 1.18 bits per heavy atom. The predicted molar refractivity (Wildman–Crippen MR) is 47.5 cm³/mol. The summed E-state index contributed by atoms with van der Waals surface area (Å²) in [6.45, 7) is 6.06. The van der Waals surface area contributed by atoms with Gasteiger partial charge in [0.15, 0.2) is 0 Å². The van der Waals surface area contributed by atoms with Gasteiger partial charge in [-0.05, 0) is 44.1 Å². The Morgan fingerprint density at radius 3 is 2.09 bits per heavy atom. The molecule has 1 spiro atoms. The van der Waals surface area contributed by atoms with Crippen LogP contribution in [0.25, 0.3) is 0 Å². The van der Waals surface area contributed by atoms with E-state index in [-0.39, 0.29) is 0 Å². The van der Waals surface area contributed by atoms with Crippen LogP contribution in [-0.2, 0) is 0 Å². The van der Waals surface area contributed by atoms with Gasteiger partial charge < -0.3 is 5.32 Å². The van der Waals surface area contributed by atoms with E-state index in [4.69, 9.17) is 0 Å². The van der Waals surface area contributed by atoms with E-state index in [1.807, 2.05) is 0 Å². The maximum atomic E-state index is 3.62. The topological polar surface area (TPSA) is 12.0 Å². The van der Waals surface area contributed by atoms with Crippen LogP contribution in [0.1, 0.15) is 39.5 Å². The summed E-state index contributed by atoms with van der Waals surface area (Å²) < 4.78 is 0. The molecule has 1 N–H and O–H groups in total. The van der Waals surface area contributed by atoms with Crippen molar-refractivity contribution in [3.63, 3.8) is 0 Å². The molecule has 1 heterocycles. The zero-order chi connectivity index (χ0) is 7.90. The largest absolute Gasteiger partial charge is 0.311 e. The fraction of sp³-hybridized carbons (Fsp3) is 1.00. The minimum atomic E-state index is 0.594. The first-order valence-electron chi connectivity index (χ1n) is 4.95. The minimum absolute atomic E-state index is 0.594. The number of hydrogen-bond acceptors (Lipinski definition) is 1. The van der Waals surface area contributed by atoms with Crippen LogP contribution in [0.3, 0.4) is 0 Å². The Kier molecular flexibility index (Phi) is 1.71. The third-order valence-corrected chi connectivity index (χ3v) is 3.39. The van der Waals surface area contributed by atoms with E-state index >= 15 is 0 Å². The molecule has 11 heavy (non-hydrogen) atoms. The van der Waals surface area contributed by atoms with Gasteiger partial charge in [-0.25, -0.2) is 0 Å². The molecule has 0 amide bonds. The molecule has 2 unspecified atom stereocenters. The monoisotopic (exact) mass is 153 g/mol. The van der Waals surface area contributed by atoms with E-state index in [0.717, 1.165) is 11.8 Å². The lowest BCUT2D eigenvalue weighted by Crippen LogP contribution is -2.60. The molecule has 1 saturated carbocycles. The van der Waals surface area contributed by atoms with Crippen molar-refractivity contribution in [3.05, 3.63) is 0 Å². The molecule has 1 aliphatic carbocycles. The highest BCUT2D eigenvalue weighted by Crippen LogP contribution is 2.40. The van der Waals surface area contributed by atoms with Crippen molar-refractivity contribution in [2.24, 2.45) is 11.8 Å². The van der Waals surface area contributed by atoms with Crippen molar-refractivity contribution in [1.29, 1.82) is 0 Å². The Bertz CT molecular complexity index is 137. The van der Waals surface area contributed by atoms with Gasteiger partial charge in [-0.2, -0.15) is 0 Å². The molecule has 1 heteroatoms. The standard InChI is InChI=1S/C10H19N/c1-8-5-9(2)7-10(6-8)3-4-11-10/h8-9,11H,3-7H2,1-2H3. The average molecular weight is 153 g/mol. The van der Waals surface area contributed by atoms with Gasteiger partial charge in [0, 0.05) is 5.54 Å². The fourth-order valence-electron chi connectivity index (χ4n) is 3.10. The van der Waals surface area contributed by atoms with Gasteiger partial charge >= 0.3 is 0 Å². The first-order valence-corrected chi connectivity index (χ1v) is 4.95. The fourth-order valence-corrected chi connectivity index (χ4v) is 3.10. The molecule has 2 fully saturated rings. The second-order valence-corrected chi connectivity index (χ2v) is 4.81. The molecular weight excluding hydrogens is 134 g/mol. The molecule has 1 aliphatic heterocycles. The van der Waals surface area contributed by atoms with Crippen LogP contribution in [-0.4, -0.2) is 12.1 Å². The second kappa shape index (κ2) is 2.48. The normalized spacial score (nSPS) is 50.7. The molecule has 2 atom stereocenters. The van der Waals surface area contributed by atoms with Crippen molar-refractivity contribution in [1.82, 2.24) is 5.32 Å². The Hall–Kier alpha value is -0.0400. The van der Waals surface area contributed by atoms with Crippen molar-refractivity contribution in [2.45, 2.75) is 45.1 Å². The van der Waals surface area contributed by atoms with Crippen molar-refractivity contribution < 1.29 is 0 Å². The predicted octanol–water partition coefficient (Wildman–Crippen LogP) is 2.17. The van der Waals surface area contributed by atoms with E-state index in [9.17, 15) is 0 Å². The molecular formula is C10H19N. The summed E-state index contributed by atoms with van der Waals surface area (Å²) in [6.07, 6.45) is 5.74. The molecule has 0 aromatic rings. The van der Waals surface area contributed by atoms with Gasteiger partial charge in [0.05, 0.1) is 0 Å². The molecule has 1 saturated heterocycles. The first kappa shape index (κ1) is 7.60. The molecule has 2 rings (SSSR count). The quantitative estimate of drug-likeness (QED) is 0.562. The van der Waals surface area contributed by atoms with Gasteiger partial charge in [-0.15, -0.1) is 0 Å². The highest BCUT2D eigenvalue weighted by Gasteiger charge is 2.41. The van der Waals surface area contributed by atoms with E-state index < -0.39 is 0 Å². The molecule has 0 bridgehead atoms. The maximum absolute atomic E-state index is 3.62. The van der Waals surface area contributed by atoms with Crippen LogP contribution in [0.15, 0.2) is 0 Å².